The number of hydrogen-bond donors (Lipinski definition) is 1. The molecule has 2 rings (SSSR count). The Labute approximate surface area is 144 Å². The summed E-state index contributed by atoms with van der Waals surface area (Å²) in [5, 5.41) is 2.08. The molecular weight excluding hydrogens is 391 g/mol. The van der Waals surface area contributed by atoms with Crippen molar-refractivity contribution in [2.24, 2.45) is 0 Å². The van der Waals surface area contributed by atoms with Crippen LogP contribution in [0.3, 0.4) is 0 Å². The minimum Gasteiger partial charge on any atom is -0.490 e. The van der Waals surface area contributed by atoms with E-state index in [0.717, 1.165) is 16.6 Å². The van der Waals surface area contributed by atoms with Gasteiger partial charge in [-0.3, -0.25) is 5.32 Å². The zero-order chi connectivity index (χ0) is 17.6. The Bertz CT molecular complexity index is 690. The summed E-state index contributed by atoms with van der Waals surface area (Å²) >= 11 is 3.28. The van der Waals surface area contributed by atoms with E-state index in [1.807, 2.05) is 0 Å². The third kappa shape index (κ3) is 5.45. The van der Waals surface area contributed by atoms with Crippen LogP contribution in [-0.2, 0) is 10.9 Å². The summed E-state index contributed by atoms with van der Waals surface area (Å²) in [6.07, 6.45) is -5.54. The van der Waals surface area contributed by atoms with E-state index in [2.05, 4.69) is 21.2 Å². The minimum atomic E-state index is -4.56. The van der Waals surface area contributed by atoms with Crippen molar-refractivity contribution in [3.63, 3.8) is 0 Å². The van der Waals surface area contributed by atoms with Crippen molar-refractivity contribution in [1.82, 2.24) is 0 Å². The molecule has 24 heavy (non-hydrogen) atoms. The van der Waals surface area contributed by atoms with Gasteiger partial charge in [-0.05, 0) is 36.4 Å². The Morgan fingerprint density at radius 3 is 2.38 bits per heavy atom. The zero-order valence-electron chi connectivity index (χ0n) is 12.3. The van der Waals surface area contributed by atoms with Gasteiger partial charge >= 0.3 is 12.3 Å². The number of benzene rings is 2. The van der Waals surface area contributed by atoms with Gasteiger partial charge in [-0.2, -0.15) is 13.2 Å². The van der Waals surface area contributed by atoms with Gasteiger partial charge in [0.15, 0.2) is 0 Å². The van der Waals surface area contributed by atoms with E-state index in [4.69, 9.17) is 9.47 Å². The first-order valence-corrected chi connectivity index (χ1v) is 7.64. The number of halogens is 4. The van der Waals surface area contributed by atoms with Crippen LogP contribution >= 0.6 is 15.9 Å². The molecular formula is C16H13BrF3NO3. The molecule has 0 saturated carbocycles. The monoisotopic (exact) mass is 403 g/mol. The standard InChI is InChI=1S/C16H13BrF3NO3/c17-11-5-7-12(8-6-11)23-9-10-24-15(22)21-14-4-2-1-3-13(14)16(18,19)20/h1-8H,9-10H2,(H,21,22). The quantitative estimate of drug-likeness (QED) is 0.706. The fraction of sp³-hybridized carbons (Fsp3) is 0.188. The number of carbonyl (C=O) groups excluding carboxylic acids is 1. The van der Waals surface area contributed by atoms with Gasteiger partial charge in [0.2, 0.25) is 0 Å². The van der Waals surface area contributed by atoms with E-state index in [0.29, 0.717) is 5.75 Å². The Hall–Kier alpha value is -2.22. The number of rotatable bonds is 5. The SMILES string of the molecule is O=C(Nc1ccccc1C(F)(F)F)OCCOc1ccc(Br)cc1. The van der Waals surface area contributed by atoms with Crippen molar-refractivity contribution >= 4 is 27.7 Å². The van der Waals surface area contributed by atoms with E-state index < -0.39 is 17.8 Å². The fourth-order valence-corrected chi connectivity index (χ4v) is 2.07. The third-order valence-corrected chi connectivity index (χ3v) is 3.40. The molecule has 1 amide bonds. The molecule has 1 N–H and O–H groups in total. The first-order chi connectivity index (χ1) is 11.4. The van der Waals surface area contributed by atoms with Crippen molar-refractivity contribution in [1.29, 1.82) is 0 Å². The first-order valence-electron chi connectivity index (χ1n) is 6.84. The summed E-state index contributed by atoms with van der Waals surface area (Å²) in [7, 11) is 0. The maximum absolute atomic E-state index is 12.8. The number of nitrogens with one attached hydrogen (secondary N) is 1. The van der Waals surface area contributed by atoms with Crippen LogP contribution in [0.1, 0.15) is 5.56 Å². The predicted octanol–water partition coefficient (Wildman–Crippen LogP) is 5.10. The number of para-hydroxylation sites is 1. The lowest BCUT2D eigenvalue weighted by Crippen LogP contribution is -2.20. The number of ether oxygens (including phenoxy) is 2. The molecule has 128 valence electrons. The Morgan fingerprint density at radius 2 is 1.71 bits per heavy atom. The number of alkyl halides is 3. The second-order valence-corrected chi connectivity index (χ2v) is 5.52. The van der Waals surface area contributed by atoms with Crippen LogP contribution in [-0.4, -0.2) is 19.3 Å². The van der Waals surface area contributed by atoms with Crippen LogP contribution in [0.4, 0.5) is 23.7 Å². The predicted molar refractivity (Wildman–Crippen MR) is 86.1 cm³/mol. The van der Waals surface area contributed by atoms with E-state index >= 15 is 0 Å². The Morgan fingerprint density at radius 1 is 1.04 bits per heavy atom. The average molecular weight is 404 g/mol. The Kier molecular flexibility index (Phi) is 6.08. The number of amides is 1. The van der Waals surface area contributed by atoms with E-state index in [-0.39, 0.29) is 18.9 Å². The molecule has 0 fully saturated rings. The van der Waals surface area contributed by atoms with Crippen LogP contribution in [0.2, 0.25) is 0 Å². The molecule has 4 nitrogen and oxygen atoms in total. The molecule has 0 aliphatic carbocycles. The lowest BCUT2D eigenvalue weighted by atomic mass is 10.2. The zero-order valence-corrected chi connectivity index (χ0v) is 13.9. The van der Waals surface area contributed by atoms with Crippen molar-refractivity contribution < 1.29 is 27.4 Å². The molecule has 0 bridgehead atoms. The molecule has 0 aliphatic rings. The average Bonchev–Trinajstić information content (AvgIpc) is 2.53. The molecule has 2 aromatic carbocycles. The molecule has 0 aromatic heterocycles. The largest absolute Gasteiger partial charge is 0.490 e. The van der Waals surface area contributed by atoms with Gasteiger partial charge in [-0.25, -0.2) is 4.79 Å². The van der Waals surface area contributed by atoms with Crippen LogP contribution in [0.15, 0.2) is 53.0 Å². The lowest BCUT2D eigenvalue weighted by Gasteiger charge is -2.13. The van der Waals surface area contributed by atoms with Gasteiger partial charge in [0.25, 0.3) is 0 Å². The van der Waals surface area contributed by atoms with Crippen molar-refractivity contribution in [2.75, 3.05) is 18.5 Å². The highest BCUT2D eigenvalue weighted by atomic mass is 79.9. The molecule has 0 spiro atoms. The summed E-state index contributed by atoms with van der Waals surface area (Å²) in [5.74, 6) is 0.588. The summed E-state index contributed by atoms with van der Waals surface area (Å²) in [5.41, 5.74) is -1.29. The highest BCUT2D eigenvalue weighted by molar-refractivity contribution is 9.10. The first kappa shape index (κ1) is 18.1. The number of anilines is 1. The van der Waals surface area contributed by atoms with Crippen LogP contribution < -0.4 is 10.1 Å². The number of hydrogen-bond acceptors (Lipinski definition) is 3. The van der Waals surface area contributed by atoms with Gasteiger partial charge < -0.3 is 9.47 Å². The highest BCUT2D eigenvalue weighted by Crippen LogP contribution is 2.34. The van der Waals surface area contributed by atoms with Crippen LogP contribution in [0, 0.1) is 0 Å². The fourth-order valence-electron chi connectivity index (χ4n) is 1.81. The van der Waals surface area contributed by atoms with Crippen LogP contribution in [0.25, 0.3) is 0 Å². The van der Waals surface area contributed by atoms with E-state index in [1.165, 1.54) is 12.1 Å². The minimum absolute atomic E-state index is 0.0793. The molecule has 0 unspecified atom stereocenters. The molecule has 0 saturated heterocycles. The maximum Gasteiger partial charge on any atom is 0.418 e. The maximum atomic E-state index is 12.8. The number of carbonyl (C=O) groups is 1. The topological polar surface area (TPSA) is 47.6 Å². The summed E-state index contributed by atoms with van der Waals surface area (Å²) in [6.45, 7) is -0.0218. The highest BCUT2D eigenvalue weighted by Gasteiger charge is 2.33. The third-order valence-electron chi connectivity index (χ3n) is 2.87. The van der Waals surface area contributed by atoms with E-state index in [1.54, 1.807) is 24.3 Å². The van der Waals surface area contributed by atoms with Crippen molar-refractivity contribution in [3.8, 4) is 5.75 Å². The molecule has 0 aliphatic heterocycles. The summed E-state index contributed by atoms with van der Waals surface area (Å²) in [4.78, 5) is 11.6. The normalized spacial score (nSPS) is 11.0. The van der Waals surface area contributed by atoms with Gasteiger partial charge in [0.05, 0.1) is 11.3 Å². The van der Waals surface area contributed by atoms with E-state index in [9.17, 15) is 18.0 Å². The van der Waals surface area contributed by atoms with Crippen molar-refractivity contribution in [2.45, 2.75) is 6.18 Å². The second kappa shape index (κ2) is 8.05. The van der Waals surface area contributed by atoms with Crippen molar-refractivity contribution in [3.05, 3.63) is 58.6 Å². The summed E-state index contributed by atoms with van der Waals surface area (Å²) in [6, 6.07) is 11.7. The lowest BCUT2D eigenvalue weighted by molar-refractivity contribution is -0.136. The smallest absolute Gasteiger partial charge is 0.418 e. The molecule has 8 heteroatoms. The molecule has 0 atom stereocenters. The summed E-state index contributed by atoms with van der Waals surface area (Å²) < 4.78 is 49.5. The molecule has 0 radical (unpaired) electrons. The Balaban J connectivity index is 1.81. The van der Waals surface area contributed by atoms with Gasteiger partial charge in [-0.1, -0.05) is 28.1 Å². The second-order valence-electron chi connectivity index (χ2n) is 4.61. The molecule has 0 heterocycles. The van der Waals surface area contributed by atoms with Gasteiger partial charge in [0.1, 0.15) is 19.0 Å². The van der Waals surface area contributed by atoms with Crippen LogP contribution in [0.5, 0.6) is 5.75 Å². The van der Waals surface area contributed by atoms with Gasteiger partial charge in [0, 0.05) is 4.47 Å². The molecule has 2 aromatic rings. The van der Waals surface area contributed by atoms with Gasteiger partial charge in [-0.15, -0.1) is 0 Å².